The van der Waals surface area contributed by atoms with Gasteiger partial charge in [0.15, 0.2) is 5.69 Å². The highest BCUT2D eigenvalue weighted by atomic mass is 16.5. The predicted molar refractivity (Wildman–Crippen MR) is 83.8 cm³/mol. The van der Waals surface area contributed by atoms with Gasteiger partial charge in [-0.05, 0) is 36.4 Å². The smallest absolute Gasteiger partial charge is 0.249 e. The molecule has 0 spiro atoms. The summed E-state index contributed by atoms with van der Waals surface area (Å²) in [6, 6.07) is 10.6. The lowest BCUT2D eigenvalue weighted by Crippen LogP contribution is -2.00. The van der Waals surface area contributed by atoms with Crippen molar-refractivity contribution in [1.82, 2.24) is 15.0 Å². The zero-order chi connectivity index (χ0) is 16.1. The van der Waals surface area contributed by atoms with Crippen molar-refractivity contribution in [3.05, 3.63) is 55.1 Å². The number of nitrogens with two attached hydrogens (primary N) is 1. The van der Waals surface area contributed by atoms with Gasteiger partial charge in [0.05, 0.1) is 13.3 Å². The predicted octanol–water partition coefficient (Wildman–Crippen LogP) is 3.05. The molecule has 2 N–H and O–H groups in total. The molecule has 3 aromatic rings. The first-order valence-corrected chi connectivity index (χ1v) is 6.76. The van der Waals surface area contributed by atoms with Crippen molar-refractivity contribution in [1.29, 1.82) is 0 Å². The van der Waals surface area contributed by atoms with Crippen molar-refractivity contribution >= 4 is 5.69 Å². The minimum atomic E-state index is 0.201. The number of hydrogen-bond acceptors (Lipinski definition) is 7. The first-order valence-electron chi connectivity index (χ1n) is 6.76. The van der Waals surface area contributed by atoms with Gasteiger partial charge < -0.3 is 19.9 Å². The van der Waals surface area contributed by atoms with Gasteiger partial charge in [-0.3, -0.25) is 4.98 Å². The van der Waals surface area contributed by atoms with E-state index in [0.717, 1.165) is 5.75 Å². The third kappa shape index (κ3) is 3.46. The molecule has 0 unspecified atom stereocenters. The van der Waals surface area contributed by atoms with Gasteiger partial charge in [-0.2, -0.15) is 9.97 Å². The number of ether oxygens (including phenoxy) is 3. The summed E-state index contributed by atoms with van der Waals surface area (Å²) >= 11 is 0. The summed E-state index contributed by atoms with van der Waals surface area (Å²) in [5, 5.41) is 0. The molecule has 0 amide bonds. The summed E-state index contributed by atoms with van der Waals surface area (Å²) in [7, 11) is 1.60. The zero-order valence-corrected chi connectivity index (χ0v) is 12.3. The highest BCUT2D eigenvalue weighted by Gasteiger charge is 2.12. The van der Waals surface area contributed by atoms with E-state index in [2.05, 4.69) is 15.0 Å². The van der Waals surface area contributed by atoms with E-state index in [1.807, 2.05) is 0 Å². The van der Waals surface area contributed by atoms with E-state index in [-0.39, 0.29) is 17.4 Å². The van der Waals surface area contributed by atoms with Crippen LogP contribution in [0.2, 0.25) is 0 Å². The molecule has 0 saturated heterocycles. The summed E-state index contributed by atoms with van der Waals surface area (Å²) in [5.41, 5.74) is 6.22. The van der Waals surface area contributed by atoms with Crippen LogP contribution in [0.15, 0.2) is 55.1 Å². The van der Waals surface area contributed by atoms with Crippen LogP contribution in [0, 0.1) is 0 Å². The topological polar surface area (TPSA) is 92.4 Å². The average Bonchev–Trinajstić information content (AvgIpc) is 2.60. The number of methoxy groups -OCH3 is 1. The lowest BCUT2D eigenvalue weighted by atomic mass is 10.3. The molecule has 2 aromatic heterocycles. The number of benzene rings is 1. The van der Waals surface area contributed by atoms with Gasteiger partial charge in [-0.1, -0.05) is 0 Å². The van der Waals surface area contributed by atoms with E-state index >= 15 is 0 Å². The third-order valence-corrected chi connectivity index (χ3v) is 2.93. The quantitative estimate of drug-likeness (QED) is 0.774. The second-order valence-electron chi connectivity index (χ2n) is 4.47. The van der Waals surface area contributed by atoms with Crippen molar-refractivity contribution in [2.75, 3.05) is 12.8 Å². The van der Waals surface area contributed by atoms with E-state index in [4.69, 9.17) is 19.9 Å². The number of rotatable bonds is 5. The van der Waals surface area contributed by atoms with Gasteiger partial charge in [-0.25, -0.2) is 0 Å². The molecule has 0 saturated carbocycles. The fourth-order valence-electron chi connectivity index (χ4n) is 1.80. The first kappa shape index (κ1) is 14.6. The molecule has 0 bridgehead atoms. The Balaban J connectivity index is 1.81. The zero-order valence-electron chi connectivity index (χ0n) is 12.3. The van der Waals surface area contributed by atoms with E-state index in [1.165, 1.54) is 6.33 Å². The SMILES string of the molecule is COc1ccc(Oc2ncnc(Oc3cccnc3)c2N)cc1. The Hall–Kier alpha value is -3.35. The summed E-state index contributed by atoms with van der Waals surface area (Å²) in [6.07, 6.45) is 4.53. The molecule has 0 radical (unpaired) electrons. The van der Waals surface area contributed by atoms with Crippen molar-refractivity contribution in [2.24, 2.45) is 0 Å². The molecule has 0 aliphatic heterocycles. The maximum absolute atomic E-state index is 6.01. The van der Waals surface area contributed by atoms with Gasteiger partial charge in [0.2, 0.25) is 11.8 Å². The van der Waals surface area contributed by atoms with Crippen molar-refractivity contribution in [3.63, 3.8) is 0 Å². The molecule has 0 atom stereocenters. The largest absolute Gasteiger partial charge is 0.497 e. The Morgan fingerprint density at radius 1 is 0.870 bits per heavy atom. The fourth-order valence-corrected chi connectivity index (χ4v) is 1.80. The van der Waals surface area contributed by atoms with Crippen LogP contribution in [0.25, 0.3) is 0 Å². The lowest BCUT2D eigenvalue weighted by molar-refractivity contribution is 0.411. The lowest BCUT2D eigenvalue weighted by Gasteiger charge is -2.11. The minimum Gasteiger partial charge on any atom is -0.497 e. The summed E-state index contributed by atoms with van der Waals surface area (Å²) in [6.45, 7) is 0. The van der Waals surface area contributed by atoms with Crippen molar-refractivity contribution in [2.45, 2.75) is 0 Å². The van der Waals surface area contributed by atoms with Gasteiger partial charge in [0.1, 0.15) is 23.6 Å². The number of nitrogens with zero attached hydrogens (tertiary/aromatic N) is 3. The molecule has 3 rings (SSSR count). The molecule has 7 nitrogen and oxygen atoms in total. The van der Waals surface area contributed by atoms with Crippen molar-refractivity contribution in [3.8, 4) is 29.0 Å². The average molecular weight is 310 g/mol. The molecular weight excluding hydrogens is 296 g/mol. The Bertz CT molecular complexity index is 779. The summed E-state index contributed by atoms with van der Waals surface area (Å²) in [5.74, 6) is 2.24. The van der Waals surface area contributed by atoms with E-state index < -0.39 is 0 Å². The minimum absolute atomic E-state index is 0.201. The monoisotopic (exact) mass is 310 g/mol. The Morgan fingerprint density at radius 3 is 2.13 bits per heavy atom. The number of nitrogen functional groups attached to an aromatic ring is 1. The molecule has 0 aliphatic carbocycles. The molecule has 116 valence electrons. The molecule has 0 fully saturated rings. The normalized spacial score (nSPS) is 10.1. The fraction of sp³-hybridized carbons (Fsp3) is 0.0625. The molecule has 23 heavy (non-hydrogen) atoms. The second-order valence-corrected chi connectivity index (χ2v) is 4.47. The van der Waals surface area contributed by atoms with Crippen LogP contribution >= 0.6 is 0 Å². The van der Waals surface area contributed by atoms with Gasteiger partial charge in [0, 0.05) is 6.20 Å². The van der Waals surface area contributed by atoms with Crippen LogP contribution in [-0.4, -0.2) is 22.1 Å². The van der Waals surface area contributed by atoms with Crippen LogP contribution in [0.3, 0.4) is 0 Å². The summed E-state index contributed by atoms with van der Waals surface area (Å²) < 4.78 is 16.3. The van der Waals surface area contributed by atoms with Gasteiger partial charge in [0.25, 0.3) is 0 Å². The molecular formula is C16H14N4O3. The Labute approximate surface area is 132 Å². The number of anilines is 1. The van der Waals surface area contributed by atoms with Crippen LogP contribution in [0.4, 0.5) is 5.69 Å². The van der Waals surface area contributed by atoms with Crippen LogP contribution in [0.1, 0.15) is 0 Å². The van der Waals surface area contributed by atoms with Crippen LogP contribution < -0.4 is 19.9 Å². The third-order valence-electron chi connectivity index (χ3n) is 2.93. The van der Waals surface area contributed by atoms with Gasteiger partial charge >= 0.3 is 0 Å². The van der Waals surface area contributed by atoms with Crippen LogP contribution in [0.5, 0.6) is 29.0 Å². The number of pyridine rings is 1. The molecule has 0 aliphatic rings. The van der Waals surface area contributed by atoms with Gasteiger partial charge in [-0.15, -0.1) is 0 Å². The second kappa shape index (κ2) is 6.61. The van der Waals surface area contributed by atoms with E-state index in [0.29, 0.717) is 11.5 Å². The first-order chi connectivity index (χ1) is 11.3. The highest BCUT2D eigenvalue weighted by Crippen LogP contribution is 2.33. The molecule has 1 aromatic carbocycles. The maximum Gasteiger partial charge on any atom is 0.249 e. The van der Waals surface area contributed by atoms with E-state index in [1.54, 1.807) is 55.9 Å². The number of hydrogen-bond donors (Lipinski definition) is 1. The Kier molecular flexibility index (Phi) is 4.19. The number of aromatic nitrogens is 3. The molecule has 2 heterocycles. The highest BCUT2D eigenvalue weighted by molar-refractivity contribution is 5.57. The Morgan fingerprint density at radius 2 is 1.52 bits per heavy atom. The standard InChI is InChI=1S/C16H14N4O3/c1-21-11-4-6-12(7-5-11)22-15-14(17)16(20-10-19-15)23-13-3-2-8-18-9-13/h2-10H,17H2,1H3. The maximum atomic E-state index is 6.01. The van der Waals surface area contributed by atoms with Crippen LogP contribution in [-0.2, 0) is 0 Å². The molecule has 7 heteroatoms. The van der Waals surface area contributed by atoms with Crippen molar-refractivity contribution < 1.29 is 14.2 Å². The van der Waals surface area contributed by atoms with E-state index in [9.17, 15) is 0 Å². The summed E-state index contributed by atoms with van der Waals surface area (Å²) in [4.78, 5) is 12.0.